The molecule has 10 rings (SSSR count). The van der Waals surface area contributed by atoms with Crippen LogP contribution in [0.5, 0.6) is 0 Å². The normalized spacial score (nSPS) is 14.3. The van der Waals surface area contributed by atoms with E-state index in [0.717, 1.165) is 0 Å². The van der Waals surface area contributed by atoms with Crippen LogP contribution >= 0.6 is 0 Å². The molecular formula is C39H26N2. The van der Waals surface area contributed by atoms with E-state index in [1.54, 1.807) is 0 Å². The van der Waals surface area contributed by atoms with Crippen LogP contribution in [0.1, 0.15) is 25.0 Å². The minimum absolute atomic E-state index is 0.0735. The maximum atomic E-state index is 2.54. The van der Waals surface area contributed by atoms with Gasteiger partial charge in [-0.1, -0.05) is 105 Å². The van der Waals surface area contributed by atoms with Crippen molar-refractivity contribution in [3.8, 4) is 11.1 Å². The average molecular weight is 523 g/mol. The molecule has 9 aromatic rings. The molecule has 0 N–H and O–H groups in total. The largest absolute Gasteiger partial charge is 0.307 e. The van der Waals surface area contributed by atoms with Gasteiger partial charge in [0.2, 0.25) is 0 Å². The van der Waals surface area contributed by atoms with Gasteiger partial charge in [-0.05, 0) is 52.6 Å². The summed E-state index contributed by atoms with van der Waals surface area (Å²) >= 11 is 0. The molecule has 3 aromatic heterocycles. The van der Waals surface area contributed by atoms with Gasteiger partial charge in [-0.3, -0.25) is 0 Å². The molecule has 192 valence electrons. The molecule has 0 aliphatic heterocycles. The van der Waals surface area contributed by atoms with Gasteiger partial charge < -0.3 is 8.80 Å². The first kappa shape index (κ1) is 21.7. The van der Waals surface area contributed by atoms with Gasteiger partial charge in [0.1, 0.15) is 0 Å². The first-order valence-electron chi connectivity index (χ1n) is 14.5. The highest BCUT2D eigenvalue weighted by Gasteiger charge is 2.36. The molecule has 0 saturated carbocycles. The van der Waals surface area contributed by atoms with E-state index in [4.69, 9.17) is 0 Å². The van der Waals surface area contributed by atoms with E-state index in [1.807, 2.05) is 0 Å². The number of aromatic nitrogens is 2. The van der Waals surface area contributed by atoms with Gasteiger partial charge in [-0.2, -0.15) is 0 Å². The molecule has 41 heavy (non-hydrogen) atoms. The summed E-state index contributed by atoms with van der Waals surface area (Å²) in [5.41, 5.74) is 12.9. The second-order valence-electron chi connectivity index (χ2n) is 12.2. The first-order chi connectivity index (χ1) is 20.1. The summed E-state index contributed by atoms with van der Waals surface area (Å²) in [4.78, 5) is 0. The van der Waals surface area contributed by atoms with E-state index >= 15 is 0 Å². The molecule has 3 heterocycles. The highest BCUT2D eigenvalue weighted by molar-refractivity contribution is 6.23. The highest BCUT2D eigenvalue weighted by atomic mass is 15.0. The molecule has 0 unspecified atom stereocenters. The fourth-order valence-corrected chi connectivity index (χ4v) is 8.05. The standard InChI is InChI=1S/C39H26N2/c1-39(2)31-17-6-3-11-23(31)29-22-36-30(21-32(29)39)28-15-9-14-26-24-12-4-7-18-33(24)40(37(26)28)35-20-10-16-27-25-13-5-8-19-34(25)41(36)38(27)35/h3-22H,1-2H3. The summed E-state index contributed by atoms with van der Waals surface area (Å²) in [7, 11) is 0. The highest BCUT2D eigenvalue weighted by Crippen LogP contribution is 2.51. The van der Waals surface area contributed by atoms with Crippen LogP contribution in [0.25, 0.3) is 76.5 Å². The second-order valence-corrected chi connectivity index (χ2v) is 12.2. The number of nitrogens with zero attached hydrogens (tertiary/aromatic N) is 2. The van der Waals surface area contributed by atoms with Crippen molar-refractivity contribution in [1.82, 2.24) is 8.80 Å². The average Bonchev–Trinajstić information content (AvgIpc) is 3.60. The molecular weight excluding hydrogens is 496 g/mol. The molecule has 6 aromatic carbocycles. The van der Waals surface area contributed by atoms with Crippen LogP contribution < -0.4 is 0 Å². The van der Waals surface area contributed by atoms with Crippen molar-refractivity contribution in [2.75, 3.05) is 0 Å². The summed E-state index contributed by atoms with van der Waals surface area (Å²) in [5.74, 6) is 0. The lowest BCUT2D eigenvalue weighted by Gasteiger charge is -2.22. The molecule has 0 amide bonds. The zero-order valence-corrected chi connectivity index (χ0v) is 22.9. The Morgan fingerprint density at radius 1 is 0.390 bits per heavy atom. The minimum Gasteiger partial charge on any atom is -0.307 e. The van der Waals surface area contributed by atoms with Crippen LogP contribution in [0.2, 0.25) is 0 Å². The molecule has 2 nitrogen and oxygen atoms in total. The Morgan fingerprint density at radius 2 is 0.927 bits per heavy atom. The molecule has 0 spiro atoms. The number of para-hydroxylation sites is 4. The monoisotopic (exact) mass is 522 g/mol. The fraction of sp³-hybridized carbons (Fsp3) is 0.0769. The lowest BCUT2D eigenvalue weighted by atomic mass is 9.82. The molecule has 0 bridgehead atoms. The molecule has 1 aliphatic rings. The minimum atomic E-state index is -0.0735. The third kappa shape index (κ3) is 2.46. The fourth-order valence-electron chi connectivity index (χ4n) is 8.05. The van der Waals surface area contributed by atoms with Gasteiger partial charge in [-0.15, -0.1) is 0 Å². The van der Waals surface area contributed by atoms with E-state index in [-0.39, 0.29) is 5.41 Å². The number of fused-ring (bicyclic) bond motifs is 13. The van der Waals surface area contributed by atoms with E-state index in [1.165, 1.54) is 87.7 Å². The molecule has 0 radical (unpaired) electrons. The molecule has 0 atom stereocenters. The van der Waals surface area contributed by atoms with E-state index < -0.39 is 0 Å². The summed E-state index contributed by atoms with van der Waals surface area (Å²) in [6, 6.07) is 45.4. The van der Waals surface area contributed by atoms with Crippen molar-refractivity contribution in [1.29, 1.82) is 0 Å². The van der Waals surface area contributed by atoms with Crippen molar-refractivity contribution < 1.29 is 0 Å². The third-order valence-electron chi connectivity index (χ3n) is 9.84. The van der Waals surface area contributed by atoms with Crippen LogP contribution in [0.15, 0.2) is 121 Å². The SMILES string of the molecule is CC1(C)c2ccccc2-c2cc3c(cc21)c1cccc2c4ccccc4n(c4cccc5c6ccccc6n3c54)c21. The zero-order chi connectivity index (χ0) is 27.0. The quantitative estimate of drug-likeness (QED) is 0.187. The van der Waals surface area contributed by atoms with Crippen LogP contribution in [-0.2, 0) is 5.41 Å². The smallest absolute Gasteiger partial charge is 0.0782 e. The van der Waals surface area contributed by atoms with Crippen molar-refractivity contribution in [2.45, 2.75) is 19.3 Å². The van der Waals surface area contributed by atoms with Gasteiger partial charge in [0.05, 0.1) is 33.1 Å². The Morgan fingerprint density at radius 3 is 1.68 bits per heavy atom. The van der Waals surface area contributed by atoms with Crippen molar-refractivity contribution in [3.63, 3.8) is 0 Å². The number of hydrogen-bond acceptors (Lipinski definition) is 0. The van der Waals surface area contributed by atoms with Gasteiger partial charge in [0, 0.05) is 37.7 Å². The van der Waals surface area contributed by atoms with Crippen molar-refractivity contribution >= 4 is 65.4 Å². The Bertz CT molecular complexity index is 2610. The molecule has 1 aliphatic carbocycles. The first-order valence-corrected chi connectivity index (χ1v) is 14.5. The van der Waals surface area contributed by atoms with Gasteiger partial charge >= 0.3 is 0 Å². The summed E-state index contributed by atoms with van der Waals surface area (Å²) in [5, 5.41) is 7.74. The third-order valence-corrected chi connectivity index (χ3v) is 9.84. The predicted octanol–water partition coefficient (Wildman–Crippen LogP) is 10.3. The van der Waals surface area contributed by atoms with Gasteiger partial charge in [-0.25, -0.2) is 0 Å². The lowest BCUT2D eigenvalue weighted by Crippen LogP contribution is -2.14. The summed E-state index contributed by atoms with van der Waals surface area (Å²) < 4.78 is 5.06. The maximum absolute atomic E-state index is 2.54. The van der Waals surface area contributed by atoms with Crippen LogP contribution in [0.4, 0.5) is 0 Å². The van der Waals surface area contributed by atoms with Crippen LogP contribution in [0, 0.1) is 0 Å². The van der Waals surface area contributed by atoms with E-state index in [2.05, 4.69) is 144 Å². The number of benzene rings is 6. The molecule has 0 fully saturated rings. The van der Waals surface area contributed by atoms with Gasteiger partial charge in [0.15, 0.2) is 0 Å². The molecule has 2 heteroatoms. The topological polar surface area (TPSA) is 8.82 Å². The predicted molar refractivity (Wildman–Crippen MR) is 173 cm³/mol. The van der Waals surface area contributed by atoms with Crippen molar-refractivity contribution in [3.05, 3.63) is 132 Å². The lowest BCUT2D eigenvalue weighted by molar-refractivity contribution is 0.661. The number of hydrogen-bond donors (Lipinski definition) is 0. The Kier molecular flexibility index (Phi) is 3.79. The van der Waals surface area contributed by atoms with Gasteiger partial charge in [0.25, 0.3) is 0 Å². The zero-order valence-electron chi connectivity index (χ0n) is 22.9. The second kappa shape index (κ2) is 7.16. The van der Waals surface area contributed by atoms with E-state index in [9.17, 15) is 0 Å². The van der Waals surface area contributed by atoms with Crippen LogP contribution in [-0.4, -0.2) is 8.80 Å². The Labute approximate surface area is 236 Å². The summed E-state index contributed by atoms with van der Waals surface area (Å²) in [6.45, 7) is 4.76. The molecule has 0 saturated heterocycles. The summed E-state index contributed by atoms with van der Waals surface area (Å²) in [6.07, 6.45) is 0. The van der Waals surface area contributed by atoms with E-state index in [0.29, 0.717) is 0 Å². The Balaban J connectivity index is 1.62. The Hall–Kier alpha value is -5.08. The van der Waals surface area contributed by atoms with Crippen molar-refractivity contribution in [2.24, 2.45) is 0 Å². The van der Waals surface area contributed by atoms with Crippen LogP contribution in [0.3, 0.4) is 0 Å². The maximum Gasteiger partial charge on any atom is 0.0782 e. The number of rotatable bonds is 0.